The molecule has 0 aliphatic heterocycles. The normalized spacial score (nSPS) is 13.1. The maximum absolute atomic E-state index is 12.5. The number of esters is 1. The summed E-state index contributed by atoms with van der Waals surface area (Å²) in [5, 5.41) is 10.2. The van der Waals surface area contributed by atoms with Crippen molar-refractivity contribution >= 4 is 41.3 Å². The number of fused-ring (bicyclic) bond motifs is 1. The Balaban J connectivity index is 1.88. The number of nitrogens with zero attached hydrogens (tertiary/aromatic N) is 2. The fourth-order valence-electron chi connectivity index (χ4n) is 3.19. The zero-order valence-electron chi connectivity index (χ0n) is 18.3. The molecule has 0 amide bonds. The van der Waals surface area contributed by atoms with Gasteiger partial charge in [0.05, 0.1) is 11.3 Å². The second kappa shape index (κ2) is 15.0. The number of pyridine rings is 1. The van der Waals surface area contributed by atoms with E-state index in [2.05, 4.69) is 19.9 Å². The van der Waals surface area contributed by atoms with Crippen molar-refractivity contribution < 1.29 is 9.53 Å². The molecule has 30 heavy (non-hydrogen) atoms. The first-order valence-corrected chi connectivity index (χ1v) is 14.4. The van der Waals surface area contributed by atoms with Gasteiger partial charge in [0.25, 0.3) is 0 Å². The van der Waals surface area contributed by atoms with Crippen LogP contribution in [0.25, 0.3) is 0 Å². The molecule has 4 nitrogen and oxygen atoms in total. The maximum Gasteiger partial charge on any atom is 0.316 e. The Labute approximate surface area is 194 Å². The van der Waals surface area contributed by atoms with Crippen LogP contribution in [0.3, 0.4) is 0 Å². The van der Waals surface area contributed by atoms with E-state index in [9.17, 15) is 10.1 Å². The summed E-state index contributed by atoms with van der Waals surface area (Å²) in [5.74, 6) is 3.94. The van der Waals surface area contributed by atoms with Gasteiger partial charge >= 0.3 is 5.97 Å². The van der Waals surface area contributed by atoms with Crippen LogP contribution in [0.5, 0.6) is 0 Å². The fraction of sp³-hybridized carbons (Fsp3) is 0.696. The Morgan fingerprint density at radius 3 is 2.47 bits per heavy atom. The van der Waals surface area contributed by atoms with Gasteiger partial charge in [0.1, 0.15) is 17.2 Å². The number of ether oxygens (including phenoxy) is 1. The second-order valence-corrected chi connectivity index (χ2v) is 10.8. The second-order valence-electron chi connectivity index (χ2n) is 7.52. The highest BCUT2D eigenvalue weighted by Crippen LogP contribution is 2.27. The number of aryl methyl sites for hydroxylation is 2. The topological polar surface area (TPSA) is 63.0 Å². The SMILES string of the molecule is CCCCSCC(CSCCCC)OC(=O)CSc1nc2c(cc1C#N)CCCC2. The van der Waals surface area contributed by atoms with Crippen LogP contribution in [0.15, 0.2) is 11.1 Å². The summed E-state index contributed by atoms with van der Waals surface area (Å²) >= 11 is 5.09. The Bertz CT molecular complexity index is 694. The lowest BCUT2D eigenvalue weighted by molar-refractivity contribution is -0.143. The van der Waals surface area contributed by atoms with Gasteiger partial charge in [-0.15, -0.1) is 0 Å². The van der Waals surface area contributed by atoms with E-state index in [-0.39, 0.29) is 17.8 Å². The lowest BCUT2D eigenvalue weighted by Crippen LogP contribution is -2.25. The Hall–Kier alpha value is -0.840. The van der Waals surface area contributed by atoms with E-state index in [1.807, 2.05) is 29.6 Å². The first kappa shape index (κ1) is 25.4. The number of aromatic nitrogens is 1. The van der Waals surface area contributed by atoms with Gasteiger partial charge in [-0.25, -0.2) is 4.98 Å². The summed E-state index contributed by atoms with van der Waals surface area (Å²) in [4.78, 5) is 17.2. The van der Waals surface area contributed by atoms with Crippen LogP contribution in [-0.4, -0.2) is 45.8 Å². The van der Waals surface area contributed by atoms with E-state index in [0.29, 0.717) is 10.6 Å². The standard InChI is InChI=1S/C23H34N2O2S3/c1-3-5-11-28-15-20(16-29-12-6-4-2)27-22(26)17-30-23-19(14-24)13-18-9-7-8-10-21(18)25-23/h13,20H,3-12,15-17H2,1-2H3. The minimum atomic E-state index is -0.208. The number of hydrogen-bond acceptors (Lipinski definition) is 7. The molecule has 0 N–H and O–H groups in total. The minimum absolute atomic E-state index is 0.0475. The number of rotatable bonds is 14. The Kier molecular flexibility index (Phi) is 12.7. The summed E-state index contributed by atoms with van der Waals surface area (Å²) in [6, 6.07) is 4.21. The van der Waals surface area contributed by atoms with Gasteiger partial charge in [0.2, 0.25) is 0 Å². The number of unbranched alkanes of at least 4 members (excludes halogenated alkanes) is 2. The highest BCUT2D eigenvalue weighted by molar-refractivity contribution is 8.00. The van der Waals surface area contributed by atoms with E-state index in [1.165, 1.54) is 43.0 Å². The minimum Gasteiger partial charge on any atom is -0.460 e. The van der Waals surface area contributed by atoms with Gasteiger partial charge in [0.15, 0.2) is 0 Å². The third-order valence-corrected chi connectivity index (χ3v) is 8.24. The molecule has 1 aliphatic rings. The van der Waals surface area contributed by atoms with Crippen LogP contribution in [0.2, 0.25) is 0 Å². The summed E-state index contributed by atoms with van der Waals surface area (Å²) in [6.07, 6.45) is 8.99. The lowest BCUT2D eigenvalue weighted by Gasteiger charge is -2.18. The summed E-state index contributed by atoms with van der Waals surface area (Å²) in [5.41, 5.74) is 2.86. The molecular formula is C23H34N2O2S3. The van der Waals surface area contributed by atoms with E-state index < -0.39 is 0 Å². The van der Waals surface area contributed by atoms with E-state index >= 15 is 0 Å². The van der Waals surface area contributed by atoms with E-state index in [1.54, 1.807) is 0 Å². The molecule has 0 spiro atoms. The molecular weight excluding hydrogens is 432 g/mol. The van der Waals surface area contributed by atoms with Crippen LogP contribution in [-0.2, 0) is 22.4 Å². The van der Waals surface area contributed by atoms with Gasteiger partial charge in [0, 0.05) is 17.2 Å². The van der Waals surface area contributed by atoms with Gasteiger partial charge in [-0.2, -0.15) is 28.8 Å². The molecule has 0 fully saturated rings. The smallest absolute Gasteiger partial charge is 0.316 e. The number of nitriles is 1. The van der Waals surface area contributed by atoms with Crippen molar-refractivity contribution in [1.29, 1.82) is 5.26 Å². The zero-order chi connectivity index (χ0) is 21.6. The van der Waals surface area contributed by atoms with Crippen molar-refractivity contribution in [3.05, 3.63) is 22.9 Å². The van der Waals surface area contributed by atoms with E-state index in [0.717, 1.165) is 54.4 Å². The van der Waals surface area contributed by atoms with Gasteiger partial charge in [-0.3, -0.25) is 4.79 Å². The Morgan fingerprint density at radius 2 is 1.83 bits per heavy atom. The highest BCUT2D eigenvalue weighted by atomic mass is 32.2. The number of carbonyl (C=O) groups excluding carboxylic acids is 1. The molecule has 166 valence electrons. The molecule has 0 atom stereocenters. The summed E-state index contributed by atoms with van der Waals surface area (Å²) in [6.45, 7) is 4.39. The van der Waals surface area contributed by atoms with Crippen molar-refractivity contribution in [1.82, 2.24) is 4.98 Å². The largest absolute Gasteiger partial charge is 0.460 e. The van der Waals surface area contributed by atoms with Crippen LogP contribution in [0.4, 0.5) is 0 Å². The van der Waals surface area contributed by atoms with Crippen molar-refractivity contribution in [3.63, 3.8) is 0 Å². The predicted octanol–water partition coefficient (Wildman–Crippen LogP) is 5.90. The predicted molar refractivity (Wildman–Crippen MR) is 131 cm³/mol. The highest BCUT2D eigenvalue weighted by Gasteiger charge is 2.19. The van der Waals surface area contributed by atoms with Crippen molar-refractivity contribution in [3.8, 4) is 6.07 Å². The van der Waals surface area contributed by atoms with Gasteiger partial charge in [-0.05, 0) is 61.7 Å². The van der Waals surface area contributed by atoms with Gasteiger partial charge < -0.3 is 4.74 Å². The third kappa shape index (κ3) is 9.11. The van der Waals surface area contributed by atoms with Crippen LogP contribution < -0.4 is 0 Å². The molecule has 1 aromatic rings. The summed E-state index contributed by atoms with van der Waals surface area (Å²) in [7, 11) is 0. The molecule has 1 heterocycles. The number of thioether (sulfide) groups is 3. The van der Waals surface area contributed by atoms with Crippen LogP contribution >= 0.6 is 35.3 Å². The zero-order valence-corrected chi connectivity index (χ0v) is 20.7. The summed E-state index contributed by atoms with van der Waals surface area (Å²) < 4.78 is 5.81. The average molecular weight is 467 g/mol. The lowest BCUT2D eigenvalue weighted by atomic mass is 9.95. The third-order valence-electron chi connectivity index (χ3n) is 4.90. The van der Waals surface area contributed by atoms with E-state index in [4.69, 9.17) is 9.72 Å². The number of carbonyl (C=O) groups is 1. The van der Waals surface area contributed by atoms with Crippen LogP contribution in [0, 0.1) is 11.3 Å². The Morgan fingerprint density at radius 1 is 1.17 bits per heavy atom. The molecule has 0 unspecified atom stereocenters. The van der Waals surface area contributed by atoms with Gasteiger partial charge in [-0.1, -0.05) is 38.5 Å². The molecule has 7 heteroatoms. The van der Waals surface area contributed by atoms with Crippen molar-refractivity contribution in [2.24, 2.45) is 0 Å². The van der Waals surface area contributed by atoms with Crippen molar-refractivity contribution in [2.75, 3.05) is 28.8 Å². The number of hydrogen-bond donors (Lipinski definition) is 0. The monoisotopic (exact) mass is 466 g/mol. The fourth-order valence-corrected chi connectivity index (χ4v) is 6.31. The molecule has 0 saturated heterocycles. The molecule has 0 aromatic carbocycles. The quantitative estimate of drug-likeness (QED) is 0.192. The first-order valence-electron chi connectivity index (χ1n) is 11.1. The molecule has 0 radical (unpaired) electrons. The molecule has 0 bridgehead atoms. The van der Waals surface area contributed by atoms with Crippen molar-refractivity contribution in [2.45, 2.75) is 76.3 Å². The average Bonchev–Trinajstić information content (AvgIpc) is 2.77. The first-order chi connectivity index (χ1) is 14.7. The molecule has 2 rings (SSSR count). The molecule has 0 saturated carbocycles. The molecule has 1 aliphatic carbocycles. The molecule has 1 aromatic heterocycles. The van der Waals surface area contributed by atoms with Crippen LogP contribution in [0.1, 0.15) is 69.2 Å². The maximum atomic E-state index is 12.5.